The van der Waals surface area contributed by atoms with Gasteiger partial charge in [0.1, 0.15) is 5.82 Å². The number of fused-ring (bicyclic) bond motifs is 2. The van der Waals surface area contributed by atoms with Gasteiger partial charge in [-0.3, -0.25) is 9.59 Å². The molecule has 2 N–H and O–H groups in total. The zero-order chi connectivity index (χ0) is 19.4. The Morgan fingerprint density at radius 1 is 1.11 bits per heavy atom. The molecule has 0 radical (unpaired) electrons. The van der Waals surface area contributed by atoms with Gasteiger partial charge in [-0.2, -0.15) is 0 Å². The van der Waals surface area contributed by atoms with E-state index in [2.05, 4.69) is 10.6 Å². The van der Waals surface area contributed by atoms with Gasteiger partial charge in [0.2, 0.25) is 11.8 Å². The third-order valence-corrected chi connectivity index (χ3v) is 6.55. The van der Waals surface area contributed by atoms with E-state index < -0.39 is 10.8 Å². The maximum absolute atomic E-state index is 14.2. The molecule has 2 saturated heterocycles. The number of anilines is 1. The van der Waals surface area contributed by atoms with Crippen molar-refractivity contribution in [2.45, 2.75) is 18.3 Å². The molecule has 5 nitrogen and oxygen atoms in total. The Morgan fingerprint density at radius 3 is 2.61 bits per heavy atom. The van der Waals surface area contributed by atoms with Gasteiger partial charge in [-0.25, -0.2) is 4.39 Å². The van der Waals surface area contributed by atoms with E-state index >= 15 is 0 Å². The van der Waals surface area contributed by atoms with Gasteiger partial charge in [0, 0.05) is 31.9 Å². The third kappa shape index (κ3) is 2.41. The summed E-state index contributed by atoms with van der Waals surface area (Å²) in [6.07, 6.45) is 0.989. The summed E-state index contributed by atoms with van der Waals surface area (Å²) >= 11 is 0. The predicted octanol–water partition coefficient (Wildman–Crippen LogP) is 2.08. The summed E-state index contributed by atoms with van der Waals surface area (Å²) in [5, 5.41) is 6.15. The molecule has 0 saturated carbocycles. The lowest BCUT2D eigenvalue weighted by Gasteiger charge is -2.43. The summed E-state index contributed by atoms with van der Waals surface area (Å²) in [7, 11) is 0. The number of nitrogens with zero attached hydrogens (tertiary/aromatic N) is 1. The van der Waals surface area contributed by atoms with Crippen LogP contribution in [0.3, 0.4) is 0 Å². The quantitative estimate of drug-likeness (QED) is 0.859. The van der Waals surface area contributed by atoms with Crippen LogP contribution in [0.15, 0.2) is 48.5 Å². The lowest BCUT2D eigenvalue weighted by molar-refractivity contribution is -0.144. The number of hydrogen-bond donors (Lipinski definition) is 2. The Hall–Kier alpha value is -2.73. The molecule has 5 rings (SSSR count). The van der Waals surface area contributed by atoms with Gasteiger partial charge in [-0.15, -0.1) is 0 Å². The van der Waals surface area contributed by atoms with Crippen LogP contribution in [-0.2, 0) is 21.4 Å². The molecule has 3 aliphatic rings. The van der Waals surface area contributed by atoms with Crippen LogP contribution in [-0.4, -0.2) is 42.9 Å². The largest absolute Gasteiger partial charge is 0.341 e. The fraction of sp³-hybridized carbons (Fsp3) is 0.364. The molecule has 0 aromatic heterocycles. The molecule has 1 atom stereocenters. The van der Waals surface area contributed by atoms with Crippen LogP contribution >= 0.6 is 0 Å². The standard InChI is InChI=1S/C22H22FN3O2/c23-17-7-3-1-5-15(17)11-21(12-24-13-21)20(28)26-10-9-22(14-26)16-6-2-4-8-18(16)25-19(22)27/h1-8,24H,9-14H2,(H,25,27). The highest BCUT2D eigenvalue weighted by Gasteiger charge is 2.55. The molecule has 0 aliphatic carbocycles. The predicted molar refractivity (Wildman–Crippen MR) is 103 cm³/mol. The Labute approximate surface area is 162 Å². The molecule has 144 valence electrons. The molecule has 1 spiro atoms. The molecule has 2 fully saturated rings. The van der Waals surface area contributed by atoms with Crippen LogP contribution in [0.2, 0.25) is 0 Å². The van der Waals surface area contributed by atoms with Crippen LogP contribution in [0.5, 0.6) is 0 Å². The van der Waals surface area contributed by atoms with Crippen molar-refractivity contribution in [1.82, 2.24) is 10.2 Å². The van der Waals surface area contributed by atoms with Crippen molar-refractivity contribution < 1.29 is 14.0 Å². The van der Waals surface area contributed by atoms with E-state index in [-0.39, 0.29) is 17.6 Å². The van der Waals surface area contributed by atoms with E-state index in [9.17, 15) is 14.0 Å². The Balaban J connectivity index is 1.41. The molecule has 6 heteroatoms. The van der Waals surface area contributed by atoms with Crippen LogP contribution in [0.25, 0.3) is 0 Å². The summed E-state index contributed by atoms with van der Waals surface area (Å²) in [5.41, 5.74) is 1.08. The minimum absolute atomic E-state index is 0.0172. The first-order valence-electron chi connectivity index (χ1n) is 9.69. The van der Waals surface area contributed by atoms with Crippen molar-refractivity contribution in [3.05, 3.63) is 65.5 Å². The van der Waals surface area contributed by atoms with E-state index in [1.54, 1.807) is 18.2 Å². The van der Waals surface area contributed by atoms with Gasteiger partial charge in [0.05, 0.1) is 10.8 Å². The first kappa shape index (κ1) is 17.4. The molecule has 28 heavy (non-hydrogen) atoms. The van der Waals surface area contributed by atoms with Crippen LogP contribution < -0.4 is 10.6 Å². The minimum atomic E-state index is -0.664. The second kappa shape index (κ2) is 6.14. The fourth-order valence-corrected chi connectivity index (χ4v) is 4.88. The number of rotatable bonds is 3. The Kier molecular flexibility index (Phi) is 3.81. The van der Waals surface area contributed by atoms with Crippen LogP contribution in [0.4, 0.5) is 10.1 Å². The fourth-order valence-electron chi connectivity index (χ4n) is 4.88. The van der Waals surface area contributed by atoms with Gasteiger partial charge in [0.15, 0.2) is 0 Å². The topological polar surface area (TPSA) is 61.4 Å². The lowest BCUT2D eigenvalue weighted by Crippen LogP contribution is -2.63. The van der Waals surface area contributed by atoms with Gasteiger partial charge in [-0.1, -0.05) is 36.4 Å². The average Bonchev–Trinajstić information content (AvgIpc) is 3.23. The van der Waals surface area contributed by atoms with Crippen LogP contribution in [0.1, 0.15) is 17.5 Å². The maximum atomic E-state index is 14.2. The van der Waals surface area contributed by atoms with E-state index in [0.717, 1.165) is 11.3 Å². The molecular formula is C22H22FN3O2. The summed E-state index contributed by atoms with van der Waals surface area (Å²) in [6.45, 7) is 1.99. The summed E-state index contributed by atoms with van der Waals surface area (Å²) < 4.78 is 14.2. The first-order valence-corrected chi connectivity index (χ1v) is 9.69. The highest BCUT2D eigenvalue weighted by atomic mass is 19.1. The SMILES string of the molecule is O=C(N1CCC2(C1)C(=O)Nc1ccccc12)C1(Cc2ccccc2F)CNC1. The van der Waals surface area contributed by atoms with Crippen molar-refractivity contribution >= 4 is 17.5 Å². The maximum Gasteiger partial charge on any atom is 0.236 e. The molecule has 0 bridgehead atoms. The Bertz CT molecular complexity index is 972. The van der Waals surface area contributed by atoms with Crippen LogP contribution in [0, 0.1) is 11.2 Å². The van der Waals surface area contributed by atoms with Gasteiger partial charge in [-0.05, 0) is 36.1 Å². The van der Waals surface area contributed by atoms with Crippen molar-refractivity contribution in [2.24, 2.45) is 5.41 Å². The number of nitrogens with one attached hydrogen (secondary N) is 2. The normalized spacial score (nSPS) is 24.8. The van der Waals surface area contributed by atoms with Gasteiger partial charge < -0.3 is 15.5 Å². The second-order valence-electron chi connectivity index (χ2n) is 8.21. The van der Waals surface area contributed by atoms with Crippen molar-refractivity contribution in [2.75, 3.05) is 31.5 Å². The van der Waals surface area contributed by atoms with E-state index in [1.807, 2.05) is 29.2 Å². The first-order chi connectivity index (χ1) is 13.5. The molecule has 2 amide bonds. The van der Waals surface area contributed by atoms with Gasteiger partial charge in [0.25, 0.3) is 0 Å². The van der Waals surface area contributed by atoms with Gasteiger partial charge >= 0.3 is 0 Å². The van der Waals surface area contributed by atoms with E-state index in [4.69, 9.17) is 0 Å². The minimum Gasteiger partial charge on any atom is -0.341 e. The van der Waals surface area contributed by atoms with Crippen molar-refractivity contribution in [3.63, 3.8) is 0 Å². The number of halogens is 1. The average molecular weight is 379 g/mol. The van der Waals surface area contributed by atoms with E-state index in [0.29, 0.717) is 44.6 Å². The second-order valence-corrected chi connectivity index (χ2v) is 8.21. The summed E-state index contributed by atoms with van der Waals surface area (Å²) in [6, 6.07) is 14.3. The molecule has 2 aromatic carbocycles. The van der Waals surface area contributed by atoms with Crippen molar-refractivity contribution in [1.29, 1.82) is 0 Å². The van der Waals surface area contributed by atoms with Crippen molar-refractivity contribution in [3.8, 4) is 0 Å². The Morgan fingerprint density at radius 2 is 1.86 bits per heavy atom. The number of hydrogen-bond acceptors (Lipinski definition) is 3. The van der Waals surface area contributed by atoms with E-state index in [1.165, 1.54) is 6.07 Å². The number of likely N-dealkylation sites (tertiary alicyclic amines) is 1. The zero-order valence-corrected chi connectivity index (χ0v) is 15.5. The molecule has 3 heterocycles. The molecule has 1 unspecified atom stereocenters. The molecule has 2 aromatic rings. The lowest BCUT2D eigenvalue weighted by atomic mass is 9.74. The smallest absolute Gasteiger partial charge is 0.236 e. The molecule has 3 aliphatic heterocycles. The highest BCUT2D eigenvalue weighted by Crippen LogP contribution is 2.45. The number of carbonyl (C=O) groups is 2. The number of benzene rings is 2. The highest BCUT2D eigenvalue weighted by molar-refractivity contribution is 6.07. The zero-order valence-electron chi connectivity index (χ0n) is 15.5. The number of carbonyl (C=O) groups excluding carboxylic acids is 2. The summed E-state index contributed by atoms with van der Waals surface area (Å²) in [5.74, 6) is -0.286. The number of para-hydroxylation sites is 1. The number of amides is 2. The monoisotopic (exact) mass is 379 g/mol. The summed E-state index contributed by atoms with van der Waals surface area (Å²) in [4.78, 5) is 28.0. The third-order valence-electron chi connectivity index (χ3n) is 6.55. The molecular weight excluding hydrogens is 357 g/mol.